The molecule has 0 aliphatic rings. The standard InChI is InChI=1S/C16H21N3O3S/c1-11-10-14(19-22-11)18-16(21)12(2)17-15(20)8-4-3-6-13-7-5-9-23-13/h5,7,9-10,12H,3-4,6,8H2,1-2H3,(H,17,20)(H,18,19,21)/t12-/m0/s1. The maximum atomic E-state index is 11.9. The number of amides is 2. The highest BCUT2D eigenvalue weighted by molar-refractivity contribution is 7.09. The van der Waals surface area contributed by atoms with Crippen molar-refractivity contribution in [2.45, 2.75) is 45.6 Å². The second-order valence-corrected chi connectivity index (χ2v) is 6.42. The van der Waals surface area contributed by atoms with Crippen molar-refractivity contribution in [3.8, 4) is 0 Å². The van der Waals surface area contributed by atoms with Crippen molar-refractivity contribution in [1.29, 1.82) is 0 Å². The van der Waals surface area contributed by atoms with Crippen molar-refractivity contribution in [2.24, 2.45) is 0 Å². The Balaban J connectivity index is 1.64. The smallest absolute Gasteiger partial charge is 0.247 e. The van der Waals surface area contributed by atoms with Crippen LogP contribution in [0.2, 0.25) is 0 Å². The number of rotatable bonds is 8. The Bertz CT molecular complexity index is 637. The maximum absolute atomic E-state index is 11.9. The van der Waals surface area contributed by atoms with Crippen molar-refractivity contribution >= 4 is 29.0 Å². The van der Waals surface area contributed by atoms with E-state index in [1.165, 1.54) is 4.88 Å². The summed E-state index contributed by atoms with van der Waals surface area (Å²) in [5.74, 6) is 0.535. The molecule has 2 aromatic heterocycles. The molecule has 2 aromatic rings. The van der Waals surface area contributed by atoms with Crippen LogP contribution in [0.15, 0.2) is 28.1 Å². The van der Waals surface area contributed by atoms with Gasteiger partial charge in [-0.1, -0.05) is 11.2 Å². The highest BCUT2D eigenvalue weighted by atomic mass is 32.1. The largest absolute Gasteiger partial charge is 0.360 e. The van der Waals surface area contributed by atoms with Crippen LogP contribution in [0.1, 0.15) is 36.8 Å². The fraction of sp³-hybridized carbons (Fsp3) is 0.438. The van der Waals surface area contributed by atoms with E-state index < -0.39 is 6.04 Å². The van der Waals surface area contributed by atoms with Gasteiger partial charge in [-0.25, -0.2) is 0 Å². The summed E-state index contributed by atoms with van der Waals surface area (Å²) in [6.45, 7) is 3.38. The van der Waals surface area contributed by atoms with Crippen molar-refractivity contribution in [3.05, 3.63) is 34.2 Å². The zero-order chi connectivity index (χ0) is 16.7. The minimum absolute atomic E-state index is 0.116. The highest BCUT2D eigenvalue weighted by Gasteiger charge is 2.16. The number of carbonyl (C=O) groups excluding carboxylic acids is 2. The normalized spacial score (nSPS) is 11.9. The molecule has 2 N–H and O–H groups in total. The second-order valence-electron chi connectivity index (χ2n) is 5.39. The summed E-state index contributed by atoms with van der Waals surface area (Å²) in [4.78, 5) is 25.1. The molecule has 0 aliphatic carbocycles. The first kappa shape index (κ1) is 17.2. The third kappa shape index (κ3) is 5.86. The summed E-state index contributed by atoms with van der Waals surface area (Å²) in [5.41, 5.74) is 0. The van der Waals surface area contributed by atoms with E-state index in [1.54, 1.807) is 31.3 Å². The Labute approximate surface area is 139 Å². The van der Waals surface area contributed by atoms with E-state index in [-0.39, 0.29) is 11.8 Å². The molecular formula is C16H21N3O3S. The van der Waals surface area contributed by atoms with Crippen LogP contribution in [0.4, 0.5) is 5.82 Å². The summed E-state index contributed by atoms with van der Waals surface area (Å²) in [6.07, 6.45) is 3.19. The number of thiophene rings is 1. The number of aryl methyl sites for hydroxylation is 2. The number of nitrogens with one attached hydrogen (secondary N) is 2. The molecule has 0 saturated heterocycles. The number of nitrogens with zero attached hydrogens (tertiary/aromatic N) is 1. The fourth-order valence-electron chi connectivity index (χ4n) is 2.08. The number of hydrogen-bond acceptors (Lipinski definition) is 5. The van der Waals surface area contributed by atoms with E-state index in [0.29, 0.717) is 18.0 Å². The Morgan fingerprint density at radius 2 is 2.22 bits per heavy atom. The Morgan fingerprint density at radius 3 is 2.87 bits per heavy atom. The molecule has 124 valence electrons. The average Bonchev–Trinajstić information content (AvgIpc) is 3.15. The van der Waals surface area contributed by atoms with Crippen LogP contribution in [0.25, 0.3) is 0 Å². The molecule has 7 heteroatoms. The molecule has 0 saturated carbocycles. The lowest BCUT2D eigenvalue weighted by atomic mass is 10.1. The minimum Gasteiger partial charge on any atom is -0.360 e. The lowest BCUT2D eigenvalue weighted by Gasteiger charge is -2.12. The van der Waals surface area contributed by atoms with Crippen molar-refractivity contribution in [2.75, 3.05) is 5.32 Å². The Morgan fingerprint density at radius 1 is 1.39 bits per heavy atom. The molecule has 0 aliphatic heterocycles. The molecule has 2 amide bonds. The topological polar surface area (TPSA) is 84.2 Å². The van der Waals surface area contributed by atoms with Crippen LogP contribution in [0, 0.1) is 6.92 Å². The lowest BCUT2D eigenvalue weighted by molar-refractivity contribution is -0.126. The molecule has 2 heterocycles. The Hall–Kier alpha value is -2.15. The number of anilines is 1. The van der Waals surface area contributed by atoms with Crippen molar-refractivity contribution in [1.82, 2.24) is 10.5 Å². The highest BCUT2D eigenvalue weighted by Crippen LogP contribution is 2.12. The van der Waals surface area contributed by atoms with E-state index in [9.17, 15) is 9.59 Å². The average molecular weight is 335 g/mol. The quantitative estimate of drug-likeness (QED) is 0.727. The van der Waals surface area contributed by atoms with Gasteiger partial charge in [0.25, 0.3) is 0 Å². The van der Waals surface area contributed by atoms with Gasteiger partial charge in [-0.2, -0.15) is 0 Å². The number of aromatic nitrogens is 1. The number of unbranched alkanes of at least 4 members (excludes halogenated alkanes) is 1. The van der Waals surface area contributed by atoms with E-state index in [0.717, 1.165) is 19.3 Å². The summed E-state index contributed by atoms with van der Waals surface area (Å²) < 4.78 is 4.87. The molecule has 0 aromatic carbocycles. The van der Waals surface area contributed by atoms with E-state index >= 15 is 0 Å². The zero-order valence-electron chi connectivity index (χ0n) is 13.3. The van der Waals surface area contributed by atoms with Crippen LogP contribution in [-0.2, 0) is 16.0 Å². The van der Waals surface area contributed by atoms with Crippen LogP contribution >= 0.6 is 11.3 Å². The maximum Gasteiger partial charge on any atom is 0.247 e. The van der Waals surface area contributed by atoms with Crippen molar-refractivity contribution in [3.63, 3.8) is 0 Å². The number of hydrogen-bond donors (Lipinski definition) is 2. The van der Waals surface area contributed by atoms with Gasteiger partial charge >= 0.3 is 0 Å². The van der Waals surface area contributed by atoms with Crippen molar-refractivity contribution < 1.29 is 14.1 Å². The van der Waals surface area contributed by atoms with Gasteiger partial charge < -0.3 is 15.2 Å². The molecule has 0 fully saturated rings. The van der Waals surface area contributed by atoms with Gasteiger partial charge in [0.2, 0.25) is 11.8 Å². The molecule has 2 rings (SSSR count). The van der Waals surface area contributed by atoms with Gasteiger partial charge in [0.05, 0.1) is 0 Å². The molecule has 0 unspecified atom stereocenters. The zero-order valence-corrected chi connectivity index (χ0v) is 14.1. The predicted octanol–water partition coefficient (Wildman–Crippen LogP) is 2.90. The predicted molar refractivity (Wildman–Crippen MR) is 89.3 cm³/mol. The van der Waals surface area contributed by atoms with Crippen LogP contribution in [-0.4, -0.2) is 23.0 Å². The summed E-state index contributed by atoms with van der Waals surface area (Å²) in [6, 6.07) is 5.14. The van der Waals surface area contributed by atoms with Gasteiger partial charge in [-0.05, 0) is 44.6 Å². The van der Waals surface area contributed by atoms with Gasteiger partial charge in [0.1, 0.15) is 11.8 Å². The van der Waals surface area contributed by atoms with Gasteiger partial charge in [0.15, 0.2) is 5.82 Å². The van der Waals surface area contributed by atoms with Crippen LogP contribution in [0.3, 0.4) is 0 Å². The summed E-state index contributed by atoms with van der Waals surface area (Å²) >= 11 is 1.73. The molecular weight excluding hydrogens is 314 g/mol. The lowest BCUT2D eigenvalue weighted by Crippen LogP contribution is -2.41. The SMILES string of the molecule is Cc1cc(NC(=O)[C@H](C)NC(=O)CCCCc2cccs2)no1. The fourth-order valence-corrected chi connectivity index (χ4v) is 2.83. The molecule has 0 spiro atoms. The van der Waals surface area contributed by atoms with E-state index in [1.807, 2.05) is 6.07 Å². The molecule has 23 heavy (non-hydrogen) atoms. The third-order valence-electron chi connectivity index (χ3n) is 3.31. The molecule has 1 atom stereocenters. The monoisotopic (exact) mass is 335 g/mol. The summed E-state index contributed by atoms with van der Waals surface area (Å²) in [5, 5.41) is 11.0. The molecule has 0 bridgehead atoms. The third-order valence-corrected chi connectivity index (χ3v) is 4.24. The van der Waals surface area contributed by atoms with Crippen LogP contribution < -0.4 is 10.6 Å². The first-order chi connectivity index (χ1) is 11.0. The van der Waals surface area contributed by atoms with E-state index in [2.05, 4.69) is 27.2 Å². The molecule has 6 nitrogen and oxygen atoms in total. The molecule has 0 radical (unpaired) electrons. The summed E-state index contributed by atoms with van der Waals surface area (Å²) in [7, 11) is 0. The van der Waals surface area contributed by atoms with Gasteiger partial charge in [0, 0.05) is 17.4 Å². The van der Waals surface area contributed by atoms with Gasteiger partial charge in [-0.15, -0.1) is 11.3 Å². The minimum atomic E-state index is -0.614. The van der Waals surface area contributed by atoms with Gasteiger partial charge in [-0.3, -0.25) is 9.59 Å². The second kappa shape index (κ2) is 8.47. The van der Waals surface area contributed by atoms with Crippen LogP contribution in [0.5, 0.6) is 0 Å². The number of carbonyl (C=O) groups is 2. The first-order valence-corrected chi connectivity index (χ1v) is 8.48. The first-order valence-electron chi connectivity index (χ1n) is 7.60. The van der Waals surface area contributed by atoms with E-state index in [4.69, 9.17) is 4.52 Å². The Kier molecular flexibility index (Phi) is 6.34.